The third-order valence-corrected chi connectivity index (χ3v) is 16.0. The van der Waals surface area contributed by atoms with E-state index in [1.165, 1.54) is 66.8 Å². The van der Waals surface area contributed by atoms with Crippen LogP contribution < -0.4 is 9.47 Å². The Hall–Kier alpha value is -9.12. The van der Waals surface area contributed by atoms with Crippen LogP contribution in [0.2, 0.25) is 0 Å². The zero-order valence-corrected chi connectivity index (χ0v) is 40.6. The Balaban J connectivity index is 0.683. The van der Waals surface area contributed by atoms with Crippen LogP contribution in [0.5, 0.6) is 23.0 Å². The molecule has 0 fully saturated rings. The van der Waals surface area contributed by atoms with E-state index in [0.29, 0.717) is 13.2 Å². The summed E-state index contributed by atoms with van der Waals surface area (Å²) in [5.74, 6) is 2.26. The Morgan fingerprint density at radius 1 is 0.270 bits per heavy atom. The molecular weight excluding hydrogens is 905 g/mol. The molecule has 4 nitrogen and oxygen atoms in total. The average Bonchev–Trinajstić information content (AvgIpc) is 3.92. The second kappa shape index (κ2) is 17.3. The van der Waals surface area contributed by atoms with E-state index in [4.69, 9.17) is 9.47 Å². The zero-order chi connectivity index (χ0) is 49.4. The third-order valence-electron chi connectivity index (χ3n) is 16.0. The summed E-state index contributed by atoms with van der Waals surface area (Å²) in [5.41, 5.74) is 13.8. The fourth-order valence-corrected chi connectivity index (χ4v) is 12.7. The van der Waals surface area contributed by atoms with Crippen molar-refractivity contribution in [2.24, 2.45) is 0 Å². The average molecular weight is 955 g/mol. The van der Waals surface area contributed by atoms with Gasteiger partial charge in [-0.2, -0.15) is 0 Å². The number of rotatable bonds is 11. The molecule has 12 aromatic rings. The van der Waals surface area contributed by atoms with Crippen LogP contribution in [0, 0.1) is 0 Å². The second-order valence-electron chi connectivity index (χ2n) is 20.0. The van der Waals surface area contributed by atoms with E-state index < -0.39 is 10.8 Å². The van der Waals surface area contributed by atoms with Gasteiger partial charge in [0.2, 0.25) is 0 Å². The van der Waals surface area contributed by atoms with Crippen LogP contribution in [0.4, 0.5) is 0 Å². The number of hydrogen-bond acceptors (Lipinski definition) is 4. The molecule has 0 aliphatic heterocycles. The molecule has 2 N–H and O–H groups in total. The number of hydrogen-bond donors (Lipinski definition) is 2. The van der Waals surface area contributed by atoms with Crippen LogP contribution in [0.1, 0.15) is 57.3 Å². The summed E-state index contributed by atoms with van der Waals surface area (Å²) in [6.07, 6.45) is 1.73. The lowest BCUT2D eigenvalue weighted by atomic mass is 9.67. The van der Waals surface area contributed by atoms with E-state index in [0.717, 1.165) is 67.4 Å². The van der Waals surface area contributed by atoms with Crippen molar-refractivity contribution >= 4 is 43.1 Å². The minimum absolute atomic E-state index is 0.270. The summed E-state index contributed by atoms with van der Waals surface area (Å²) in [6, 6.07) is 86.5. The van der Waals surface area contributed by atoms with Gasteiger partial charge in [0.25, 0.3) is 0 Å². The first-order valence-corrected chi connectivity index (χ1v) is 25.6. The van der Waals surface area contributed by atoms with Crippen LogP contribution in [-0.2, 0) is 10.8 Å². The molecule has 0 heterocycles. The molecule has 0 saturated carbocycles. The Bertz CT molecular complexity index is 3840. The molecule has 0 amide bonds. The summed E-state index contributed by atoms with van der Waals surface area (Å²) in [6.45, 7) is 1.19. The van der Waals surface area contributed by atoms with E-state index in [9.17, 15) is 10.2 Å². The molecule has 4 heteroatoms. The van der Waals surface area contributed by atoms with Crippen LogP contribution in [0.15, 0.2) is 243 Å². The van der Waals surface area contributed by atoms with E-state index in [-0.39, 0.29) is 11.5 Å². The van der Waals surface area contributed by atoms with Gasteiger partial charge in [0.1, 0.15) is 23.0 Å². The maximum atomic E-state index is 10.3. The van der Waals surface area contributed by atoms with Crippen molar-refractivity contribution in [1.82, 2.24) is 0 Å². The number of fused-ring (bicyclic) bond motifs is 10. The number of unbranched alkanes of at least 4 members (excludes halogenated alkanes) is 1. The largest absolute Gasteiger partial charge is 0.508 e. The quantitative estimate of drug-likeness (QED) is 0.127. The Morgan fingerprint density at radius 2 is 0.541 bits per heavy atom. The second-order valence-corrected chi connectivity index (χ2v) is 20.0. The highest BCUT2D eigenvalue weighted by molar-refractivity contribution is 5.94. The Labute approximate surface area is 430 Å². The Kier molecular flexibility index (Phi) is 10.2. The molecular formula is C70H50O4. The first-order valence-electron chi connectivity index (χ1n) is 25.6. The Morgan fingerprint density at radius 3 is 0.878 bits per heavy atom. The van der Waals surface area contributed by atoms with Gasteiger partial charge >= 0.3 is 0 Å². The predicted octanol–water partition coefficient (Wildman–Crippen LogP) is 16.7. The van der Waals surface area contributed by atoms with Crippen molar-refractivity contribution in [3.05, 3.63) is 287 Å². The van der Waals surface area contributed by atoms with Crippen LogP contribution >= 0.6 is 0 Å². The van der Waals surface area contributed by atoms with Crippen LogP contribution in [0.25, 0.3) is 65.3 Å². The molecule has 0 unspecified atom stereocenters. The van der Waals surface area contributed by atoms with Gasteiger partial charge in [0, 0.05) is 0 Å². The molecule has 0 spiro atoms. The maximum absolute atomic E-state index is 10.3. The van der Waals surface area contributed by atoms with Crippen molar-refractivity contribution in [2.75, 3.05) is 13.2 Å². The monoisotopic (exact) mass is 954 g/mol. The van der Waals surface area contributed by atoms with Crippen LogP contribution in [0.3, 0.4) is 0 Å². The summed E-state index contributed by atoms with van der Waals surface area (Å²) >= 11 is 0. The number of aromatic hydroxyl groups is 2. The zero-order valence-electron chi connectivity index (χ0n) is 40.6. The summed E-state index contributed by atoms with van der Waals surface area (Å²) in [4.78, 5) is 0. The van der Waals surface area contributed by atoms with Gasteiger partial charge in [-0.25, -0.2) is 0 Å². The van der Waals surface area contributed by atoms with Gasteiger partial charge in [-0.05, 0) is 195 Å². The van der Waals surface area contributed by atoms with E-state index in [1.807, 2.05) is 24.3 Å². The lowest BCUT2D eigenvalue weighted by Crippen LogP contribution is -2.28. The first-order chi connectivity index (χ1) is 36.4. The van der Waals surface area contributed by atoms with Gasteiger partial charge in [0.15, 0.2) is 0 Å². The van der Waals surface area contributed by atoms with Gasteiger partial charge in [-0.15, -0.1) is 0 Å². The molecule has 0 saturated heterocycles. The molecule has 0 atom stereocenters. The molecule has 2 aliphatic carbocycles. The van der Waals surface area contributed by atoms with Crippen molar-refractivity contribution in [3.63, 3.8) is 0 Å². The third kappa shape index (κ3) is 6.82. The molecule has 2 aliphatic rings. The van der Waals surface area contributed by atoms with Gasteiger partial charge in [-0.1, -0.05) is 170 Å². The lowest BCUT2D eigenvalue weighted by molar-refractivity contribution is 0.267. The maximum Gasteiger partial charge on any atom is 0.119 e. The number of phenols is 2. The molecule has 12 aromatic carbocycles. The number of benzene rings is 12. The molecule has 14 rings (SSSR count). The highest BCUT2D eigenvalue weighted by Gasteiger charge is 2.47. The first kappa shape index (κ1) is 43.7. The summed E-state index contributed by atoms with van der Waals surface area (Å²) in [5, 5.41) is 29.3. The fraction of sp³-hybridized carbons (Fsp3) is 0.0857. The highest BCUT2D eigenvalue weighted by atomic mass is 16.5. The molecule has 0 aromatic heterocycles. The van der Waals surface area contributed by atoms with E-state index in [1.54, 1.807) is 12.1 Å². The minimum atomic E-state index is -0.534. The predicted molar refractivity (Wildman–Crippen MR) is 301 cm³/mol. The van der Waals surface area contributed by atoms with Crippen molar-refractivity contribution in [1.29, 1.82) is 0 Å². The summed E-state index contributed by atoms with van der Waals surface area (Å²) in [7, 11) is 0. The van der Waals surface area contributed by atoms with E-state index >= 15 is 0 Å². The topological polar surface area (TPSA) is 58.9 Å². The lowest BCUT2D eigenvalue weighted by Gasteiger charge is -2.34. The van der Waals surface area contributed by atoms with E-state index in [2.05, 4.69) is 206 Å². The number of phenolic OH excluding ortho intramolecular Hbond substituents is 2. The normalized spacial score (nSPS) is 13.7. The number of ether oxygens (including phenoxy) is 2. The van der Waals surface area contributed by atoms with Crippen molar-refractivity contribution in [2.45, 2.75) is 23.7 Å². The fourth-order valence-electron chi connectivity index (χ4n) is 12.7. The van der Waals surface area contributed by atoms with Crippen LogP contribution in [-0.4, -0.2) is 23.4 Å². The van der Waals surface area contributed by atoms with Gasteiger partial charge in [0.05, 0.1) is 24.0 Å². The van der Waals surface area contributed by atoms with Crippen molar-refractivity contribution < 1.29 is 19.7 Å². The standard InChI is InChI=1S/C70H50O4/c71-57-31-23-45-37-53(27-19-49(45)41-57)69(65-15-5-1-11-61(65)62-12-2-6-16-66(62)69)55-29-21-51-43-59(33-25-47(51)39-55)73-35-9-10-36-74-60-34-26-48-40-56(30-22-52(48)44-60)70(54-28-20-50-42-58(72)32-24-46(50)38-54)67-17-7-3-13-63(67)64-14-4-8-18-68(64)70/h1-8,11-34,37-44,71-72H,9-10,35-36H2. The smallest absolute Gasteiger partial charge is 0.119 e. The molecule has 354 valence electrons. The van der Waals surface area contributed by atoms with Gasteiger partial charge in [-0.3, -0.25) is 0 Å². The minimum Gasteiger partial charge on any atom is -0.508 e. The summed E-state index contributed by atoms with van der Waals surface area (Å²) < 4.78 is 12.7. The molecule has 0 bridgehead atoms. The van der Waals surface area contributed by atoms with Gasteiger partial charge < -0.3 is 19.7 Å². The molecule has 0 radical (unpaired) electrons. The SMILES string of the molecule is Oc1ccc2cc(C3(c4ccc5cc(OCCCCOc6ccc7cc(C8(c9ccc%10cc(O)ccc%10c9)c9ccccc9-c9ccccc98)ccc7c6)ccc5c4)c4ccccc4-c4ccccc43)ccc2c1. The van der Waals surface area contributed by atoms with Crippen molar-refractivity contribution in [3.8, 4) is 45.3 Å². The highest BCUT2D eigenvalue weighted by Crippen LogP contribution is 2.58. The molecule has 74 heavy (non-hydrogen) atoms.